The van der Waals surface area contributed by atoms with E-state index in [1.807, 2.05) is 111 Å². The maximum atomic E-state index is 12.8. The van der Waals surface area contributed by atoms with E-state index in [9.17, 15) is 14.4 Å². The van der Waals surface area contributed by atoms with E-state index < -0.39 is 0 Å². The van der Waals surface area contributed by atoms with Crippen LogP contribution in [0.2, 0.25) is 0 Å². The molecule has 6 fully saturated rings. The summed E-state index contributed by atoms with van der Waals surface area (Å²) in [7, 11) is 0. The molecule has 16 rings (SSSR count). The molecule has 0 unspecified atom stereocenters. The molecule has 0 atom stereocenters. The number of piperazine rings is 6. The van der Waals surface area contributed by atoms with Crippen molar-refractivity contribution >= 4 is 53.4 Å². The highest BCUT2D eigenvalue weighted by molar-refractivity contribution is 5.77. The van der Waals surface area contributed by atoms with Crippen LogP contribution in [0.4, 0.5) is 35.7 Å². The number of aromatic nitrogens is 21. The number of hydrogen-bond acceptors (Lipinski definition) is 36. The lowest BCUT2D eigenvalue weighted by Gasteiger charge is -2.40. The molecule has 13 heterocycles. The lowest BCUT2D eigenvalue weighted by Crippen LogP contribution is -2.51. The molecule has 0 spiro atoms. The van der Waals surface area contributed by atoms with Crippen molar-refractivity contribution in [2.75, 3.05) is 186 Å². The summed E-state index contributed by atoms with van der Waals surface area (Å²) in [6.45, 7) is 72.0. The van der Waals surface area contributed by atoms with E-state index in [2.05, 4.69) is 248 Å². The number of amides is 3. The summed E-state index contributed by atoms with van der Waals surface area (Å²) in [5.41, 5.74) is 5.36. The number of carbonyl (C=O) groups excluding carboxylic acids is 3. The summed E-state index contributed by atoms with van der Waals surface area (Å²) in [6, 6.07) is 26.3. The van der Waals surface area contributed by atoms with Crippen molar-refractivity contribution in [3.63, 3.8) is 0 Å². The normalized spacial score (nSPS) is 15.8. The molecule has 150 heavy (non-hydrogen) atoms. The molecule has 0 saturated carbocycles. The third-order valence-electron chi connectivity index (χ3n) is 27.4. The number of carbonyl (C=O) groups is 3. The van der Waals surface area contributed by atoms with Gasteiger partial charge in [0.25, 0.3) is 0 Å². The monoisotopic (exact) mass is 2070 g/mol. The van der Waals surface area contributed by atoms with E-state index in [0.717, 1.165) is 132 Å². The Bertz CT molecular complexity index is 5240. The van der Waals surface area contributed by atoms with E-state index in [1.54, 1.807) is 32.6 Å². The second-order valence-corrected chi connectivity index (χ2v) is 43.3. The largest absolute Gasteiger partial charge is 0.457 e. The first-order chi connectivity index (χ1) is 71.8. The minimum Gasteiger partial charge on any atom is -0.457 e. The third kappa shape index (κ3) is 34.3. The van der Waals surface area contributed by atoms with Crippen molar-refractivity contribution in [2.24, 2.45) is 17.8 Å². The fourth-order valence-electron chi connectivity index (χ4n) is 17.4. The van der Waals surface area contributed by atoms with E-state index in [4.69, 9.17) is 58.3 Å². The van der Waals surface area contributed by atoms with Crippen LogP contribution in [-0.4, -0.2) is 327 Å². The van der Waals surface area contributed by atoms with Gasteiger partial charge in [0.2, 0.25) is 53.4 Å². The van der Waals surface area contributed by atoms with E-state index in [1.165, 1.54) is 0 Å². The highest BCUT2D eigenvalue weighted by atomic mass is 16.5. The van der Waals surface area contributed by atoms with Gasteiger partial charge in [-0.3, -0.25) is 29.1 Å². The molecule has 0 radical (unpaired) electrons. The summed E-state index contributed by atoms with van der Waals surface area (Å²) in [5.74, 6) is 9.68. The molecular formula is C108H165N33O9. The number of hydrogen-bond donors (Lipinski definition) is 0. The van der Waals surface area contributed by atoms with Gasteiger partial charge in [-0.25, -0.2) is 14.0 Å². The van der Waals surface area contributed by atoms with Gasteiger partial charge in [-0.1, -0.05) is 135 Å². The Morgan fingerprint density at radius 3 is 0.667 bits per heavy atom. The lowest BCUT2D eigenvalue weighted by atomic mass is 10.0. The standard InChI is InChI=1S/C33H57N9O3.C30H33N3O3.C24H45N9.C21H30N12O3/c1-25(2)7-10-28(43)37-13-19-40(20-14-37)31-34-32(41-21-15-38(16-22-41)29(44)11-8-26(3)4)36-33(35-31)42-23-17-39(18-24-42)30(45)12-9-27(5)6;1-19(2)22-10-7-13-25(16-22)34-28-31-29(35-26-14-8-11-23(17-26)20(3)4)33-30(32-28)36-27-15-9-12-24(18-27)21(5)6;1-19(2)28-7-13-31(14-8-28)22-25-23(32-15-9-29(10-16-32)20(3)4)27-24(26-22)33-17-11-30(12-18-33)21(5)6;1-13(2)31-7-16(25-28-31)10-34-19-22-20(35-11-17-8-32(14(3)4)29-26-17)24-21(23-19)36-12-18-9-33(15(5)6)30-27-18/h25-27H,7-24H2,1-6H3;7-21H,1-6H3;19-21H,7-18H2,1-6H3;7-9,13-15H,10-12H2,1-6H3. The predicted molar refractivity (Wildman–Crippen MR) is 581 cm³/mol. The van der Waals surface area contributed by atoms with Gasteiger partial charge in [-0.2, -0.15) is 29.9 Å². The third-order valence-corrected chi connectivity index (χ3v) is 27.4. The van der Waals surface area contributed by atoms with Crippen LogP contribution in [0.15, 0.2) is 91.4 Å². The van der Waals surface area contributed by atoms with Crippen molar-refractivity contribution in [3.05, 3.63) is 125 Å². The molecule has 3 aromatic carbocycles. The van der Waals surface area contributed by atoms with Gasteiger partial charge in [-0.15, -0.1) is 45.2 Å². The Kier molecular flexibility index (Phi) is 42.0. The molecule has 7 aromatic heterocycles. The van der Waals surface area contributed by atoms with Crippen LogP contribution in [0.3, 0.4) is 0 Å². The average molecular weight is 2070 g/mol. The smallest absolute Gasteiger partial charge is 0.331 e. The first-order valence-corrected chi connectivity index (χ1v) is 54.4. The van der Waals surface area contributed by atoms with Gasteiger partial charge in [0.05, 0.1) is 18.6 Å². The Morgan fingerprint density at radius 2 is 0.473 bits per heavy atom. The second kappa shape index (κ2) is 55.2. The molecule has 0 bridgehead atoms. The SMILES string of the molecule is CC(C)CCC(=O)N1CCN(c2nc(N3CCN(C(=O)CCC(C)C)CC3)nc(N3CCN(C(=O)CCC(C)C)CC3)n2)CC1.CC(C)N1CCN(c2nc(N3CCN(C(C)C)CC3)nc(N3CCN(C(C)C)CC3)n2)CC1.CC(C)c1cccc(Oc2nc(Oc3cccc(C(C)C)c3)nc(Oc3cccc(C(C)C)c3)n2)c1.CC(C)n1cc(COc2nc(OCc3cn(C(C)C)nn3)nc(OCc3cn(C(C)C)nn3)n2)nn1. The van der Waals surface area contributed by atoms with Crippen LogP contribution in [0.5, 0.6) is 53.3 Å². The highest BCUT2D eigenvalue weighted by Crippen LogP contribution is 2.34. The van der Waals surface area contributed by atoms with Gasteiger partial charge in [0.15, 0.2) is 0 Å². The van der Waals surface area contributed by atoms with Crippen LogP contribution in [0.1, 0.15) is 274 Å². The number of nitrogens with zero attached hydrogens (tertiary/aromatic N) is 33. The van der Waals surface area contributed by atoms with Crippen molar-refractivity contribution in [1.82, 2.24) is 134 Å². The molecule has 42 heteroatoms. The van der Waals surface area contributed by atoms with Gasteiger partial charge < -0.3 is 72.5 Å². The van der Waals surface area contributed by atoms with Crippen LogP contribution in [0.25, 0.3) is 0 Å². The Balaban J connectivity index is 0.000000168. The predicted octanol–water partition coefficient (Wildman–Crippen LogP) is 15.3. The Labute approximate surface area is 887 Å². The number of rotatable bonds is 39. The zero-order valence-corrected chi connectivity index (χ0v) is 93.4. The van der Waals surface area contributed by atoms with Crippen molar-refractivity contribution in [3.8, 4) is 53.3 Å². The van der Waals surface area contributed by atoms with Gasteiger partial charge in [0, 0.05) is 213 Å². The molecule has 6 saturated heterocycles. The minimum atomic E-state index is 0.0192. The second-order valence-electron chi connectivity index (χ2n) is 43.3. The van der Waals surface area contributed by atoms with Crippen molar-refractivity contribution in [2.45, 2.75) is 279 Å². The molecular weight excluding hydrogens is 1900 g/mol. The highest BCUT2D eigenvalue weighted by Gasteiger charge is 2.34. The van der Waals surface area contributed by atoms with Crippen molar-refractivity contribution < 1.29 is 42.8 Å². The number of benzene rings is 3. The molecule has 0 N–H and O–H groups in total. The lowest BCUT2D eigenvalue weighted by molar-refractivity contribution is -0.132. The molecule has 3 amide bonds. The first kappa shape index (κ1) is 114. The first-order valence-electron chi connectivity index (χ1n) is 54.4. The van der Waals surface area contributed by atoms with Gasteiger partial charge in [0.1, 0.15) is 54.2 Å². The molecule has 42 nitrogen and oxygen atoms in total. The van der Waals surface area contributed by atoms with Crippen molar-refractivity contribution in [1.29, 1.82) is 0 Å². The molecule has 6 aliphatic rings. The molecule has 0 aliphatic carbocycles. The van der Waals surface area contributed by atoms with Gasteiger partial charge in [-0.05, 0) is 191 Å². The molecule has 816 valence electrons. The minimum absolute atomic E-state index is 0.0192. The fraction of sp³-hybridized carbons (Fsp3) is 0.639. The summed E-state index contributed by atoms with van der Waals surface area (Å²) < 4.78 is 40.5. The maximum Gasteiger partial charge on any atom is 0.331 e. The molecule has 10 aromatic rings. The molecule has 6 aliphatic heterocycles. The summed E-state index contributed by atoms with van der Waals surface area (Å²) in [6.07, 6.45) is 9.91. The van der Waals surface area contributed by atoms with Crippen LogP contribution in [0, 0.1) is 17.8 Å². The van der Waals surface area contributed by atoms with E-state index in [0.29, 0.717) is 204 Å². The van der Waals surface area contributed by atoms with Crippen LogP contribution < -0.4 is 57.8 Å². The van der Waals surface area contributed by atoms with Crippen LogP contribution >= 0.6 is 0 Å². The summed E-state index contributed by atoms with van der Waals surface area (Å²) in [4.78, 5) is 121. The quantitative estimate of drug-likeness (QED) is 0.0345. The Morgan fingerprint density at radius 1 is 0.260 bits per heavy atom. The zero-order chi connectivity index (χ0) is 107. The van der Waals surface area contributed by atoms with E-state index in [-0.39, 0.29) is 91.7 Å². The maximum absolute atomic E-state index is 12.8. The Hall–Kier alpha value is -13.0. The number of ether oxygens (including phenoxy) is 6. The van der Waals surface area contributed by atoms with Crippen LogP contribution in [-0.2, 0) is 34.2 Å². The number of anilines is 6. The summed E-state index contributed by atoms with van der Waals surface area (Å²) >= 11 is 0. The zero-order valence-electron chi connectivity index (χ0n) is 93.4. The van der Waals surface area contributed by atoms with Gasteiger partial charge >= 0.3 is 36.1 Å². The van der Waals surface area contributed by atoms with E-state index >= 15 is 0 Å². The summed E-state index contributed by atoms with van der Waals surface area (Å²) in [5, 5.41) is 24.5. The topological polar surface area (TPSA) is 392 Å². The fourth-order valence-corrected chi connectivity index (χ4v) is 17.4. The average Bonchev–Trinajstić information content (AvgIpc) is 0.967.